The number of aliphatic imine (C=N–C) groups is 1. The van der Waals surface area contributed by atoms with Gasteiger partial charge in [0.15, 0.2) is 5.84 Å². The minimum atomic E-state index is 0.0179. The molecule has 6 heteroatoms. The molecule has 0 aliphatic carbocycles. The molecule has 2 aromatic rings. The number of morpholine rings is 1. The van der Waals surface area contributed by atoms with E-state index in [1.54, 1.807) is 0 Å². The second-order valence-corrected chi connectivity index (χ2v) is 7.27. The number of benzene rings is 2. The van der Waals surface area contributed by atoms with Crippen LogP contribution < -0.4 is 4.90 Å². The Bertz CT molecular complexity index is 987. The molecule has 130 valence electrons. The number of nitrogens with zero attached hydrogens (tertiary/aromatic N) is 3. The Kier molecular flexibility index (Phi) is 3.72. The summed E-state index contributed by atoms with van der Waals surface area (Å²) < 4.78 is 5.48. The van der Waals surface area contributed by atoms with E-state index in [2.05, 4.69) is 4.90 Å². The Labute approximate surface area is 155 Å². The molecule has 3 aliphatic heterocycles. The zero-order chi connectivity index (χ0) is 17.5. The van der Waals surface area contributed by atoms with Crippen LogP contribution >= 0.6 is 10.9 Å². The van der Waals surface area contributed by atoms with Crippen LogP contribution in [0.5, 0.6) is 0 Å². The fourth-order valence-electron chi connectivity index (χ4n) is 3.41. The molecular formula is C20H17N3O2S. The first-order valence-electron chi connectivity index (χ1n) is 8.65. The Morgan fingerprint density at radius 2 is 1.69 bits per heavy atom. The number of amides is 1. The number of hydrogen-bond acceptors (Lipinski definition) is 4. The number of para-hydroxylation sites is 2. The van der Waals surface area contributed by atoms with E-state index in [0.29, 0.717) is 13.2 Å². The maximum absolute atomic E-state index is 13.3. The van der Waals surface area contributed by atoms with Crippen molar-refractivity contribution < 1.29 is 9.53 Å². The van der Waals surface area contributed by atoms with E-state index in [1.165, 1.54) is 10.9 Å². The van der Waals surface area contributed by atoms with Gasteiger partial charge < -0.3 is 9.64 Å². The zero-order valence-electron chi connectivity index (χ0n) is 14.1. The highest BCUT2D eigenvalue weighted by Gasteiger charge is 2.38. The molecule has 0 unspecified atom stereocenters. The minimum absolute atomic E-state index is 0.0179. The first kappa shape index (κ1) is 15.5. The van der Waals surface area contributed by atoms with Gasteiger partial charge in [0.1, 0.15) is 9.85 Å². The molecule has 5 nitrogen and oxygen atoms in total. The lowest BCUT2D eigenvalue weighted by Crippen LogP contribution is -2.51. The van der Waals surface area contributed by atoms with Crippen LogP contribution in [0.4, 0.5) is 11.4 Å². The molecule has 1 saturated heterocycles. The van der Waals surface area contributed by atoms with E-state index < -0.39 is 0 Å². The van der Waals surface area contributed by atoms with E-state index in [0.717, 1.165) is 45.7 Å². The average molecular weight is 363 g/mol. The number of anilines is 1. The van der Waals surface area contributed by atoms with Gasteiger partial charge in [0.05, 0.1) is 24.6 Å². The van der Waals surface area contributed by atoms with Gasteiger partial charge in [-0.25, -0.2) is 4.99 Å². The van der Waals surface area contributed by atoms with Crippen LogP contribution in [0.25, 0.3) is 0 Å². The normalized spacial score (nSPS) is 19.1. The number of carbonyl (C=O) groups excluding carboxylic acids is 1. The third-order valence-corrected chi connectivity index (χ3v) is 5.86. The third kappa shape index (κ3) is 2.41. The lowest BCUT2D eigenvalue weighted by molar-refractivity contribution is -0.111. The van der Waals surface area contributed by atoms with Crippen molar-refractivity contribution in [1.29, 1.82) is 0 Å². The van der Waals surface area contributed by atoms with Gasteiger partial charge >= 0.3 is 0 Å². The fraction of sp³-hybridized carbons (Fsp3) is 0.200. The third-order valence-electron chi connectivity index (χ3n) is 4.69. The largest absolute Gasteiger partial charge is 0.378 e. The number of carbonyl (C=O) groups is 1. The average Bonchev–Trinajstić information content (AvgIpc) is 3.06. The van der Waals surface area contributed by atoms with Crippen LogP contribution in [0, 0.1) is 0 Å². The lowest BCUT2D eigenvalue weighted by Gasteiger charge is -2.35. The van der Waals surface area contributed by atoms with Crippen molar-refractivity contribution in [1.82, 2.24) is 4.90 Å². The molecule has 0 N–H and O–H groups in total. The summed E-state index contributed by atoms with van der Waals surface area (Å²) in [6, 6.07) is 17.7. The molecule has 0 aromatic heterocycles. The topological polar surface area (TPSA) is 45.1 Å². The highest BCUT2D eigenvalue weighted by atomic mass is 32.1. The zero-order valence-corrected chi connectivity index (χ0v) is 14.9. The molecule has 5 rings (SSSR count). The molecule has 1 fully saturated rings. The first-order valence-corrected chi connectivity index (χ1v) is 9.47. The Morgan fingerprint density at radius 1 is 0.962 bits per heavy atom. The summed E-state index contributed by atoms with van der Waals surface area (Å²) >= 11 is 0. The minimum Gasteiger partial charge on any atom is -0.378 e. The van der Waals surface area contributed by atoms with Crippen LogP contribution in [0.2, 0.25) is 0 Å². The number of amidine groups is 1. The lowest BCUT2D eigenvalue weighted by atomic mass is 10.1. The van der Waals surface area contributed by atoms with Crippen LogP contribution in [-0.4, -0.2) is 52.8 Å². The van der Waals surface area contributed by atoms with E-state index in [-0.39, 0.29) is 5.91 Å². The summed E-state index contributed by atoms with van der Waals surface area (Å²) in [5.74, 6) is 0.889. The van der Waals surface area contributed by atoms with Gasteiger partial charge in [0.2, 0.25) is 0 Å². The van der Waals surface area contributed by atoms with Crippen molar-refractivity contribution in [3.05, 3.63) is 60.2 Å². The van der Waals surface area contributed by atoms with E-state index in [4.69, 9.17) is 9.73 Å². The van der Waals surface area contributed by atoms with Gasteiger partial charge in [0.25, 0.3) is 5.91 Å². The Morgan fingerprint density at radius 3 is 2.50 bits per heavy atom. The van der Waals surface area contributed by atoms with Crippen LogP contribution in [0.1, 0.15) is 5.56 Å². The molecule has 0 saturated carbocycles. The van der Waals surface area contributed by atoms with E-state index in [1.807, 2.05) is 59.5 Å². The molecule has 0 bridgehead atoms. The number of ether oxygens (including phenoxy) is 1. The van der Waals surface area contributed by atoms with Crippen molar-refractivity contribution in [3.8, 4) is 0 Å². The van der Waals surface area contributed by atoms with Gasteiger partial charge in [-0.1, -0.05) is 42.5 Å². The van der Waals surface area contributed by atoms with Crippen LogP contribution in [0.15, 0.2) is 59.6 Å². The maximum atomic E-state index is 13.3. The number of hydrogen-bond donors (Lipinski definition) is 0. The molecule has 26 heavy (non-hydrogen) atoms. The molecule has 0 radical (unpaired) electrons. The number of rotatable bonds is 1. The summed E-state index contributed by atoms with van der Waals surface area (Å²) in [6.07, 6.45) is 0. The SMILES string of the molecule is O=C1C(c2ccccc2)=S=C2C(N3CCOCC3)=Nc3ccccc3N12. The molecule has 2 aromatic carbocycles. The predicted octanol–water partition coefficient (Wildman–Crippen LogP) is 2.49. The smallest absolute Gasteiger partial charge is 0.274 e. The van der Waals surface area contributed by atoms with Gasteiger partial charge in [-0.15, -0.1) is 10.9 Å². The van der Waals surface area contributed by atoms with E-state index in [9.17, 15) is 4.79 Å². The molecule has 3 aliphatic rings. The standard InChI is InChI=1S/C20H17N3O2S/c24-19-17(14-6-2-1-3-7-14)26-20-18(22-10-12-25-13-11-22)21-15-8-4-5-9-16(15)23(19)20/h1-9H,10-13H2. The second kappa shape index (κ2) is 6.23. The van der Waals surface area contributed by atoms with Gasteiger partial charge in [-0.05, 0) is 17.7 Å². The maximum Gasteiger partial charge on any atom is 0.274 e. The molecular weight excluding hydrogens is 346 g/mol. The van der Waals surface area contributed by atoms with Crippen molar-refractivity contribution in [3.63, 3.8) is 0 Å². The first-order chi connectivity index (χ1) is 12.8. The predicted molar refractivity (Wildman–Crippen MR) is 107 cm³/mol. The molecule has 0 spiro atoms. The van der Waals surface area contributed by atoms with Crippen LogP contribution in [0.3, 0.4) is 0 Å². The van der Waals surface area contributed by atoms with Crippen molar-refractivity contribution >= 4 is 43.9 Å². The summed E-state index contributed by atoms with van der Waals surface area (Å²) in [5, 5.41) is 0. The highest BCUT2D eigenvalue weighted by Crippen LogP contribution is 2.36. The fourth-order valence-corrected chi connectivity index (χ4v) is 4.57. The van der Waals surface area contributed by atoms with Crippen molar-refractivity contribution in [2.45, 2.75) is 0 Å². The molecule has 3 heterocycles. The summed E-state index contributed by atoms with van der Waals surface area (Å²) in [6.45, 7) is 2.94. The molecule has 1 amide bonds. The van der Waals surface area contributed by atoms with Gasteiger partial charge in [0, 0.05) is 13.1 Å². The quantitative estimate of drug-likeness (QED) is 0.732. The van der Waals surface area contributed by atoms with Crippen LogP contribution in [-0.2, 0) is 9.53 Å². The Hall–Kier alpha value is -2.70. The number of fused-ring (bicyclic) bond motifs is 3. The van der Waals surface area contributed by atoms with Gasteiger partial charge in [-0.3, -0.25) is 9.69 Å². The van der Waals surface area contributed by atoms with Gasteiger partial charge in [-0.2, -0.15) is 0 Å². The summed E-state index contributed by atoms with van der Waals surface area (Å²) in [7, 11) is 1.52. The second-order valence-electron chi connectivity index (χ2n) is 6.27. The highest BCUT2D eigenvalue weighted by molar-refractivity contribution is 8.02. The van der Waals surface area contributed by atoms with E-state index >= 15 is 0 Å². The summed E-state index contributed by atoms with van der Waals surface area (Å²) in [5.41, 5.74) is 2.63. The summed E-state index contributed by atoms with van der Waals surface area (Å²) in [4.78, 5) is 23.9. The Balaban J connectivity index is 1.69. The monoisotopic (exact) mass is 363 g/mol. The van der Waals surface area contributed by atoms with Crippen molar-refractivity contribution in [2.75, 3.05) is 31.2 Å². The van der Waals surface area contributed by atoms with Crippen molar-refractivity contribution in [2.24, 2.45) is 4.99 Å². The molecule has 0 atom stereocenters.